The third kappa shape index (κ3) is 3.44. The predicted octanol–water partition coefficient (Wildman–Crippen LogP) is 2.77. The van der Waals surface area contributed by atoms with E-state index >= 15 is 0 Å². The number of carbonyl (C=O) groups is 1. The lowest BCUT2D eigenvalue weighted by molar-refractivity contribution is 0.0690. The maximum absolute atomic E-state index is 10.8. The van der Waals surface area contributed by atoms with Gasteiger partial charge in [0.15, 0.2) is 0 Å². The molecule has 0 radical (unpaired) electrons. The van der Waals surface area contributed by atoms with Gasteiger partial charge in [0.25, 0.3) is 0 Å². The highest BCUT2D eigenvalue weighted by atomic mass is 16.4. The van der Waals surface area contributed by atoms with E-state index in [4.69, 9.17) is 5.11 Å². The quantitative estimate of drug-likeness (QED) is 0.794. The van der Waals surface area contributed by atoms with E-state index in [0.29, 0.717) is 6.04 Å². The van der Waals surface area contributed by atoms with Crippen LogP contribution < -0.4 is 5.32 Å². The van der Waals surface area contributed by atoms with Crippen molar-refractivity contribution in [3.8, 4) is 0 Å². The number of nitrogens with zero attached hydrogens (tertiary/aromatic N) is 1. The van der Waals surface area contributed by atoms with Crippen LogP contribution in [-0.4, -0.2) is 22.1 Å². The van der Waals surface area contributed by atoms with Gasteiger partial charge in [-0.05, 0) is 30.9 Å². The zero-order chi connectivity index (χ0) is 12.3. The summed E-state index contributed by atoms with van der Waals surface area (Å²) in [4.78, 5) is 14.6. The number of carboxylic acid groups (broad SMARTS) is 1. The summed E-state index contributed by atoms with van der Waals surface area (Å²) in [6.07, 6.45) is 6.46. The van der Waals surface area contributed by atoms with Gasteiger partial charge in [0.05, 0.1) is 0 Å². The fourth-order valence-corrected chi connectivity index (χ4v) is 1.96. The van der Waals surface area contributed by atoms with E-state index in [1.165, 1.54) is 25.5 Å². The third-order valence-electron chi connectivity index (χ3n) is 3.16. The first-order valence-electron chi connectivity index (χ1n) is 6.15. The molecule has 4 nitrogen and oxygen atoms in total. The van der Waals surface area contributed by atoms with Crippen molar-refractivity contribution >= 4 is 11.7 Å². The molecule has 92 valence electrons. The Morgan fingerprint density at radius 1 is 1.65 bits per heavy atom. The summed E-state index contributed by atoms with van der Waals surface area (Å²) in [5, 5.41) is 12.3. The molecule has 1 saturated carbocycles. The molecule has 1 fully saturated rings. The second-order valence-electron chi connectivity index (χ2n) is 4.66. The van der Waals surface area contributed by atoms with Crippen LogP contribution in [0, 0.1) is 5.92 Å². The molecule has 17 heavy (non-hydrogen) atoms. The molecule has 0 aromatic carbocycles. The molecule has 1 aromatic heterocycles. The van der Waals surface area contributed by atoms with Crippen molar-refractivity contribution in [1.82, 2.24) is 4.98 Å². The normalized spacial score (nSPS) is 16.5. The van der Waals surface area contributed by atoms with Crippen molar-refractivity contribution in [2.45, 2.75) is 38.6 Å². The van der Waals surface area contributed by atoms with E-state index in [9.17, 15) is 4.79 Å². The molecule has 1 aromatic rings. The van der Waals surface area contributed by atoms with Crippen LogP contribution in [-0.2, 0) is 0 Å². The van der Waals surface area contributed by atoms with E-state index in [1.54, 1.807) is 6.07 Å². The van der Waals surface area contributed by atoms with Crippen LogP contribution in [0.5, 0.6) is 0 Å². The van der Waals surface area contributed by atoms with Gasteiger partial charge >= 0.3 is 5.97 Å². The molecule has 1 aliphatic carbocycles. The molecule has 0 aliphatic heterocycles. The van der Waals surface area contributed by atoms with Gasteiger partial charge in [-0.25, -0.2) is 9.78 Å². The van der Waals surface area contributed by atoms with E-state index in [0.717, 1.165) is 18.0 Å². The van der Waals surface area contributed by atoms with E-state index in [2.05, 4.69) is 17.2 Å². The Bertz CT molecular complexity index is 402. The number of hydrogen-bond acceptors (Lipinski definition) is 3. The first-order chi connectivity index (χ1) is 8.19. The number of aromatic nitrogens is 1. The third-order valence-corrected chi connectivity index (χ3v) is 3.16. The molecular formula is C13H18N2O2. The minimum absolute atomic E-state index is 0.0938. The average molecular weight is 234 g/mol. The lowest BCUT2D eigenvalue weighted by Crippen LogP contribution is -2.19. The number of anilines is 1. The maximum Gasteiger partial charge on any atom is 0.354 e. The first-order valence-corrected chi connectivity index (χ1v) is 6.15. The van der Waals surface area contributed by atoms with Crippen molar-refractivity contribution in [3.63, 3.8) is 0 Å². The summed E-state index contributed by atoms with van der Waals surface area (Å²) < 4.78 is 0. The van der Waals surface area contributed by atoms with Gasteiger partial charge < -0.3 is 10.4 Å². The molecule has 2 rings (SSSR count). The molecule has 4 heteroatoms. The van der Waals surface area contributed by atoms with Crippen LogP contribution in [0.25, 0.3) is 0 Å². The van der Waals surface area contributed by atoms with Crippen molar-refractivity contribution in [2.75, 3.05) is 5.32 Å². The van der Waals surface area contributed by atoms with Crippen LogP contribution in [0.4, 0.5) is 5.69 Å². The zero-order valence-corrected chi connectivity index (χ0v) is 10.0. The number of pyridine rings is 1. The number of carboxylic acids is 1. The standard InChI is InChI=1S/C13H18N2O2/c1-2-10(7-9-3-4-9)15-11-5-6-14-12(8-11)13(16)17/h5-6,8-10H,2-4,7H2,1H3,(H,14,15)(H,16,17). The molecule has 1 aliphatic rings. The lowest BCUT2D eigenvalue weighted by atomic mass is 10.1. The minimum atomic E-state index is -0.983. The van der Waals surface area contributed by atoms with Crippen LogP contribution in [0.3, 0.4) is 0 Å². The van der Waals surface area contributed by atoms with Gasteiger partial charge in [-0.15, -0.1) is 0 Å². The summed E-state index contributed by atoms with van der Waals surface area (Å²) >= 11 is 0. The van der Waals surface area contributed by atoms with Gasteiger partial charge in [0.2, 0.25) is 0 Å². The van der Waals surface area contributed by atoms with Crippen LogP contribution in [0.1, 0.15) is 43.1 Å². The van der Waals surface area contributed by atoms with Gasteiger partial charge in [0.1, 0.15) is 5.69 Å². The molecule has 1 unspecified atom stereocenters. The van der Waals surface area contributed by atoms with E-state index < -0.39 is 5.97 Å². The highest BCUT2D eigenvalue weighted by molar-refractivity contribution is 5.86. The van der Waals surface area contributed by atoms with E-state index in [-0.39, 0.29) is 5.69 Å². The number of hydrogen-bond donors (Lipinski definition) is 2. The lowest BCUT2D eigenvalue weighted by Gasteiger charge is -2.18. The summed E-state index contributed by atoms with van der Waals surface area (Å²) in [6.45, 7) is 2.15. The molecule has 0 bridgehead atoms. The zero-order valence-electron chi connectivity index (χ0n) is 10.0. The van der Waals surface area contributed by atoms with Crippen LogP contribution in [0.2, 0.25) is 0 Å². The highest BCUT2D eigenvalue weighted by Gasteiger charge is 2.24. The number of nitrogens with one attached hydrogen (secondary N) is 1. The molecule has 0 spiro atoms. The topological polar surface area (TPSA) is 62.2 Å². The average Bonchev–Trinajstić information content (AvgIpc) is 3.12. The Morgan fingerprint density at radius 2 is 2.41 bits per heavy atom. The fourth-order valence-electron chi connectivity index (χ4n) is 1.96. The Kier molecular flexibility index (Phi) is 3.61. The summed E-state index contributed by atoms with van der Waals surface area (Å²) in [7, 11) is 0. The number of rotatable bonds is 6. The second kappa shape index (κ2) is 5.17. The smallest absolute Gasteiger partial charge is 0.354 e. The van der Waals surface area contributed by atoms with Crippen molar-refractivity contribution in [3.05, 3.63) is 24.0 Å². The van der Waals surface area contributed by atoms with Crippen molar-refractivity contribution in [1.29, 1.82) is 0 Å². The summed E-state index contributed by atoms with van der Waals surface area (Å²) in [5.74, 6) is -0.114. The minimum Gasteiger partial charge on any atom is -0.477 e. The highest BCUT2D eigenvalue weighted by Crippen LogP contribution is 2.34. The molecule has 1 atom stereocenters. The number of aromatic carboxylic acids is 1. The molecular weight excluding hydrogens is 216 g/mol. The van der Waals surface area contributed by atoms with Crippen LogP contribution >= 0.6 is 0 Å². The molecule has 0 amide bonds. The first kappa shape index (κ1) is 11.9. The Hall–Kier alpha value is -1.58. The van der Waals surface area contributed by atoms with Gasteiger partial charge in [-0.1, -0.05) is 19.8 Å². The Labute approximate surface area is 101 Å². The Morgan fingerprint density at radius 3 is 3.00 bits per heavy atom. The molecule has 0 saturated heterocycles. The summed E-state index contributed by atoms with van der Waals surface area (Å²) in [5.41, 5.74) is 0.946. The Balaban J connectivity index is 2.00. The van der Waals surface area contributed by atoms with Crippen LogP contribution in [0.15, 0.2) is 18.3 Å². The predicted molar refractivity (Wildman–Crippen MR) is 66.2 cm³/mol. The monoisotopic (exact) mass is 234 g/mol. The SMILES string of the molecule is CCC(CC1CC1)Nc1ccnc(C(=O)O)c1. The molecule has 2 N–H and O–H groups in total. The van der Waals surface area contributed by atoms with Gasteiger partial charge in [0, 0.05) is 17.9 Å². The van der Waals surface area contributed by atoms with Crippen molar-refractivity contribution < 1.29 is 9.90 Å². The van der Waals surface area contributed by atoms with Gasteiger partial charge in [-0.3, -0.25) is 0 Å². The largest absolute Gasteiger partial charge is 0.477 e. The van der Waals surface area contributed by atoms with E-state index in [1.807, 2.05) is 6.07 Å². The summed E-state index contributed by atoms with van der Waals surface area (Å²) in [6, 6.07) is 3.85. The second-order valence-corrected chi connectivity index (χ2v) is 4.66. The molecule has 1 heterocycles. The van der Waals surface area contributed by atoms with Crippen molar-refractivity contribution in [2.24, 2.45) is 5.92 Å². The van der Waals surface area contributed by atoms with Gasteiger partial charge in [-0.2, -0.15) is 0 Å². The fraction of sp³-hybridized carbons (Fsp3) is 0.538. The maximum atomic E-state index is 10.8.